The number of amides is 2. The quantitative estimate of drug-likeness (QED) is 0.837. The van der Waals surface area contributed by atoms with Crippen LogP contribution in [0.2, 0.25) is 5.02 Å². The van der Waals surface area contributed by atoms with E-state index in [1.807, 2.05) is 0 Å². The van der Waals surface area contributed by atoms with Crippen molar-refractivity contribution in [3.8, 4) is 0 Å². The number of ether oxygens (including phenoxy) is 1. The van der Waals surface area contributed by atoms with Crippen molar-refractivity contribution in [2.45, 2.75) is 6.42 Å². The van der Waals surface area contributed by atoms with E-state index in [1.54, 1.807) is 48.5 Å². The van der Waals surface area contributed by atoms with Gasteiger partial charge in [-0.05, 0) is 36.4 Å². The minimum absolute atomic E-state index is 0.0783. The van der Waals surface area contributed by atoms with Crippen LogP contribution in [0.1, 0.15) is 16.8 Å². The number of carbonyl (C=O) groups is 3. The van der Waals surface area contributed by atoms with E-state index < -0.39 is 11.9 Å². The van der Waals surface area contributed by atoms with Gasteiger partial charge in [0.05, 0.1) is 24.3 Å². The molecule has 2 aromatic carbocycles. The van der Waals surface area contributed by atoms with Crippen molar-refractivity contribution in [2.75, 3.05) is 23.9 Å². The Hall–Kier alpha value is -2.86. The van der Waals surface area contributed by atoms with Gasteiger partial charge < -0.3 is 15.0 Å². The highest BCUT2D eigenvalue weighted by molar-refractivity contribution is 6.30. The number of hydrogen-bond donors (Lipinski definition) is 1. The molecule has 1 atom stereocenters. The van der Waals surface area contributed by atoms with Crippen molar-refractivity contribution in [3.05, 3.63) is 59.1 Å². The largest absolute Gasteiger partial charge is 0.465 e. The van der Waals surface area contributed by atoms with Crippen LogP contribution in [-0.4, -0.2) is 31.4 Å². The monoisotopic (exact) mass is 372 g/mol. The van der Waals surface area contributed by atoms with Gasteiger partial charge in [0.25, 0.3) is 0 Å². The van der Waals surface area contributed by atoms with Crippen LogP contribution in [0.5, 0.6) is 0 Å². The molecule has 1 aliphatic heterocycles. The lowest BCUT2D eigenvalue weighted by Gasteiger charge is -2.19. The first-order valence-electron chi connectivity index (χ1n) is 8.03. The zero-order valence-corrected chi connectivity index (χ0v) is 14.8. The molecule has 0 aliphatic carbocycles. The first-order valence-corrected chi connectivity index (χ1v) is 8.41. The minimum atomic E-state index is -0.525. The molecule has 134 valence electrons. The van der Waals surface area contributed by atoms with Gasteiger partial charge in [0.2, 0.25) is 11.8 Å². The van der Waals surface area contributed by atoms with E-state index in [9.17, 15) is 14.4 Å². The average Bonchev–Trinajstić information content (AvgIpc) is 3.04. The second kappa shape index (κ2) is 7.58. The summed E-state index contributed by atoms with van der Waals surface area (Å²) in [6.45, 7) is 0.201. The molecule has 0 spiro atoms. The maximum atomic E-state index is 12.5. The molecular formula is C19H17ClN2O4. The Morgan fingerprint density at radius 3 is 2.54 bits per heavy atom. The third kappa shape index (κ3) is 3.70. The van der Waals surface area contributed by atoms with Crippen molar-refractivity contribution >= 4 is 40.8 Å². The molecule has 1 unspecified atom stereocenters. The number of carbonyl (C=O) groups excluding carboxylic acids is 3. The second-order valence-corrected chi connectivity index (χ2v) is 6.35. The number of rotatable bonds is 4. The number of nitrogens with zero attached hydrogens (tertiary/aromatic N) is 1. The molecule has 6 nitrogen and oxygen atoms in total. The molecule has 0 radical (unpaired) electrons. The maximum absolute atomic E-state index is 12.5. The van der Waals surface area contributed by atoms with Gasteiger partial charge in [-0.1, -0.05) is 23.7 Å². The molecule has 0 aromatic heterocycles. The van der Waals surface area contributed by atoms with E-state index >= 15 is 0 Å². The Labute approximate surface area is 155 Å². The van der Waals surface area contributed by atoms with Crippen LogP contribution in [0.25, 0.3) is 0 Å². The van der Waals surface area contributed by atoms with Crippen LogP contribution in [-0.2, 0) is 14.3 Å². The first-order chi connectivity index (χ1) is 12.5. The van der Waals surface area contributed by atoms with Gasteiger partial charge in [-0.25, -0.2) is 4.79 Å². The van der Waals surface area contributed by atoms with Crippen LogP contribution in [0.3, 0.4) is 0 Å². The van der Waals surface area contributed by atoms with Crippen LogP contribution >= 0.6 is 11.6 Å². The predicted octanol–water partition coefficient (Wildman–Crippen LogP) is 3.12. The highest BCUT2D eigenvalue weighted by Crippen LogP contribution is 2.29. The van der Waals surface area contributed by atoms with Crippen molar-refractivity contribution in [3.63, 3.8) is 0 Å². The zero-order valence-electron chi connectivity index (χ0n) is 14.1. The summed E-state index contributed by atoms with van der Waals surface area (Å²) in [6, 6.07) is 13.4. The molecule has 7 heteroatoms. The molecule has 2 aromatic rings. The molecule has 1 fully saturated rings. The summed E-state index contributed by atoms with van der Waals surface area (Å²) < 4.78 is 4.77. The molecule has 0 saturated carbocycles. The lowest BCUT2D eigenvalue weighted by molar-refractivity contribution is -0.122. The van der Waals surface area contributed by atoms with Gasteiger partial charge in [0.1, 0.15) is 0 Å². The van der Waals surface area contributed by atoms with Crippen molar-refractivity contribution < 1.29 is 19.1 Å². The van der Waals surface area contributed by atoms with Crippen LogP contribution in [0.15, 0.2) is 48.5 Å². The fourth-order valence-electron chi connectivity index (χ4n) is 2.89. The number of nitrogens with one attached hydrogen (secondary N) is 1. The number of methoxy groups -OCH3 is 1. The fourth-order valence-corrected chi connectivity index (χ4v) is 3.01. The second-order valence-electron chi connectivity index (χ2n) is 5.91. The Morgan fingerprint density at radius 2 is 1.85 bits per heavy atom. The summed E-state index contributed by atoms with van der Waals surface area (Å²) in [5.74, 6) is -1.50. The van der Waals surface area contributed by atoms with Gasteiger partial charge >= 0.3 is 5.97 Å². The number of hydrogen-bond acceptors (Lipinski definition) is 4. The summed E-state index contributed by atoms with van der Waals surface area (Å²) in [5, 5.41) is 3.36. The number of halogens is 1. The average molecular weight is 373 g/mol. The van der Waals surface area contributed by atoms with Crippen LogP contribution < -0.4 is 10.2 Å². The number of anilines is 2. The molecule has 0 bridgehead atoms. The van der Waals surface area contributed by atoms with E-state index in [4.69, 9.17) is 16.3 Å². The summed E-state index contributed by atoms with van der Waals surface area (Å²) in [5.41, 5.74) is 1.36. The fraction of sp³-hybridized carbons (Fsp3) is 0.211. The summed E-state index contributed by atoms with van der Waals surface area (Å²) in [4.78, 5) is 38.3. The highest BCUT2D eigenvalue weighted by atomic mass is 35.5. The van der Waals surface area contributed by atoms with Gasteiger partial charge in [0.15, 0.2) is 0 Å². The zero-order chi connectivity index (χ0) is 18.7. The lowest BCUT2D eigenvalue weighted by atomic mass is 10.1. The van der Waals surface area contributed by atoms with E-state index in [2.05, 4.69) is 5.32 Å². The molecule has 3 rings (SSSR count). The number of esters is 1. The molecule has 1 aliphatic rings. The summed E-state index contributed by atoms with van der Waals surface area (Å²) in [7, 11) is 1.29. The number of benzene rings is 2. The Kier molecular flexibility index (Phi) is 5.23. The molecular weight excluding hydrogens is 356 g/mol. The van der Waals surface area contributed by atoms with Gasteiger partial charge in [-0.15, -0.1) is 0 Å². The SMILES string of the molecule is COC(=O)c1ccccc1N1CC(C(=O)Nc2ccc(Cl)cc2)CC1=O. The van der Waals surface area contributed by atoms with Gasteiger partial charge in [-0.2, -0.15) is 0 Å². The predicted molar refractivity (Wildman–Crippen MR) is 98.3 cm³/mol. The van der Waals surface area contributed by atoms with Crippen molar-refractivity contribution in [1.82, 2.24) is 0 Å². The summed E-state index contributed by atoms with van der Waals surface area (Å²) in [6.07, 6.45) is 0.0783. The Morgan fingerprint density at radius 1 is 1.15 bits per heavy atom. The van der Waals surface area contributed by atoms with E-state index in [0.717, 1.165) is 0 Å². The van der Waals surface area contributed by atoms with E-state index in [-0.39, 0.29) is 24.8 Å². The highest BCUT2D eigenvalue weighted by Gasteiger charge is 2.36. The third-order valence-electron chi connectivity index (χ3n) is 4.21. The molecule has 2 amide bonds. The van der Waals surface area contributed by atoms with E-state index in [1.165, 1.54) is 12.0 Å². The van der Waals surface area contributed by atoms with Gasteiger partial charge in [0, 0.05) is 23.7 Å². The molecule has 1 saturated heterocycles. The number of para-hydroxylation sites is 1. The minimum Gasteiger partial charge on any atom is -0.465 e. The normalized spacial score (nSPS) is 16.5. The lowest BCUT2D eigenvalue weighted by Crippen LogP contribution is -2.29. The topological polar surface area (TPSA) is 75.7 Å². The molecule has 1 heterocycles. The Balaban J connectivity index is 1.76. The van der Waals surface area contributed by atoms with Gasteiger partial charge in [-0.3, -0.25) is 9.59 Å². The first kappa shape index (κ1) is 17.9. The van der Waals surface area contributed by atoms with Crippen LogP contribution in [0.4, 0.5) is 11.4 Å². The van der Waals surface area contributed by atoms with Crippen molar-refractivity contribution in [2.24, 2.45) is 5.92 Å². The summed E-state index contributed by atoms with van der Waals surface area (Å²) >= 11 is 5.83. The standard InChI is InChI=1S/C19H17ClN2O4/c1-26-19(25)15-4-2-3-5-16(15)22-11-12(10-17(22)23)18(24)21-14-8-6-13(20)7-9-14/h2-9,12H,10-11H2,1H3,(H,21,24). The van der Waals surface area contributed by atoms with Crippen molar-refractivity contribution in [1.29, 1.82) is 0 Å². The van der Waals surface area contributed by atoms with Crippen LogP contribution in [0, 0.1) is 5.92 Å². The Bertz CT molecular complexity index is 851. The smallest absolute Gasteiger partial charge is 0.339 e. The molecule has 1 N–H and O–H groups in total. The van der Waals surface area contributed by atoms with E-state index in [0.29, 0.717) is 22.0 Å². The third-order valence-corrected chi connectivity index (χ3v) is 4.46. The molecule has 26 heavy (non-hydrogen) atoms. The maximum Gasteiger partial charge on any atom is 0.339 e.